The van der Waals surface area contributed by atoms with Gasteiger partial charge in [-0.3, -0.25) is 14.4 Å². The van der Waals surface area contributed by atoms with Crippen LogP contribution in [0, 0.1) is 5.82 Å². The van der Waals surface area contributed by atoms with E-state index in [2.05, 4.69) is 43.7 Å². The van der Waals surface area contributed by atoms with Crippen molar-refractivity contribution in [2.24, 2.45) is 5.10 Å². The maximum absolute atomic E-state index is 13.8. The topological polar surface area (TPSA) is 118 Å². The SMILES string of the molecule is C=CCOc1ccc(NC(=O)C(=O)N/N=C\c2ccc(OCC(=O)Nc3ccc(Br)cc3F)cc2)cc1. The molecular formula is C26H22BrFN4O5. The third-order valence-corrected chi connectivity index (χ3v) is 5.01. The number of carbonyl (C=O) groups is 3. The van der Waals surface area contributed by atoms with Gasteiger partial charge in [-0.15, -0.1) is 0 Å². The second-order valence-electron chi connectivity index (χ2n) is 7.31. The number of nitrogens with zero attached hydrogens (tertiary/aromatic N) is 1. The highest BCUT2D eigenvalue weighted by Crippen LogP contribution is 2.19. The number of hydrogen-bond donors (Lipinski definition) is 3. The Bertz CT molecular complexity index is 1300. The first kappa shape index (κ1) is 27.1. The molecule has 9 nitrogen and oxygen atoms in total. The zero-order valence-electron chi connectivity index (χ0n) is 19.4. The minimum Gasteiger partial charge on any atom is -0.490 e. The molecule has 0 saturated heterocycles. The number of amides is 3. The zero-order chi connectivity index (χ0) is 26.6. The van der Waals surface area contributed by atoms with Crippen molar-refractivity contribution in [1.82, 2.24) is 5.43 Å². The second kappa shape index (κ2) is 13.5. The molecule has 0 aliphatic heterocycles. The molecule has 0 aromatic heterocycles. The number of rotatable bonds is 10. The van der Waals surface area contributed by atoms with Gasteiger partial charge in [0.2, 0.25) is 0 Å². The highest BCUT2D eigenvalue weighted by atomic mass is 79.9. The molecule has 0 unspecified atom stereocenters. The summed E-state index contributed by atoms with van der Waals surface area (Å²) in [6, 6.07) is 17.2. The number of hydrogen-bond acceptors (Lipinski definition) is 6. The van der Waals surface area contributed by atoms with Crippen LogP contribution in [0.15, 0.2) is 89.0 Å². The van der Waals surface area contributed by atoms with Gasteiger partial charge in [0, 0.05) is 10.2 Å². The molecule has 3 aromatic rings. The molecule has 3 N–H and O–H groups in total. The smallest absolute Gasteiger partial charge is 0.329 e. The molecule has 0 bridgehead atoms. The molecule has 0 heterocycles. The Morgan fingerprint density at radius 1 is 0.919 bits per heavy atom. The summed E-state index contributed by atoms with van der Waals surface area (Å²) in [7, 11) is 0. The molecule has 0 fully saturated rings. The van der Waals surface area contributed by atoms with Gasteiger partial charge in [0.15, 0.2) is 6.61 Å². The Labute approximate surface area is 220 Å². The lowest BCUT2D eigenvalue weighted by Gasteiger charge is -2.08. The van der Waals surface area contributed by atoms with Gasteiger partial charge in [0.25, 0.3) is 5.91 Å². The fraction of sp³-hybridized carbons (Fsp3) is 0.0769. The van der Waals surface area contributed by atoms with Crippen molar-refractivity contribution in [2.45, 2.75) is 0 Å². The largest absolute Gasteiger partial charge is 0.490 e. The zero-order valence-corrected chi connectivity index (χ0v) is 21.0. The number of carbonyl (C=O) groups excluding carboxylic acids is 3. The third kappa shape index (κ3) is 8.89. The lowest BCUT2D eigenvalue weighted by atomic mass is 10.2. The second-order valence-corrected chi connectivity index (χ2v) is 8.22. The number of benzene rings is 3. The first-order chi connectivity index (χ1) is 17.8. The van der Waals surface area contributed by atoms with E-state index in [1.807, 2.05) is 0 Å². The van der Waals surface area contributed by atoms with Crippen molar-refractivity contribution in [2.75, 3.05) is 23.8 Å². The van der Waals surface area contributed by atoms with Crippen LogP contribution in [0.3, 0.4) is 0 Å². The maximum Gasteiger partial charge on any atom is 0.329 e. The molecule has 37 heavy (non-hydrogen) atoms. The quantitative estimate of drug-likeness (QED) is 0.146. The Balaban J connectivity index is 1.42. The molecule has 3 amide bonds. The molecule has 190 valence electrons. The average molecular weight is 569 g/mol. The summed E-state index contributed by atoms with van der Waals surface area (Å²) in [5, 5.41) is 8.64. The monoisotopic (exact) mass is 568 g/mol. The van der Waals surface area contributed by atoms with E-state index in [4.69, 9.17) is 9.47 Å². The van der Waals surface area contributed by atoms with Crippen LogP contribution in [0.1, 0.15) is 5.56 Å². The molecule has 0 saturated carbocycles. The van der Waals surface area contributed by atoms with Gasteiger partial charge in [-0.25, -0.2) is 9.82 Å². The summed E-state index contributed by atoms with van der Waals surface area (Å²) in [5.74, 6) is -1.93. The Kier molecular flexibility index (Phi) is 9.91. The van der Waals surface area contributed by atoms with E-state index >= 15 is 0 Å². The highest BCUT2D eigenvalue weighted by molar-refractivity contribution is 9.10. The van der Waals surface area contributed by atoms with E-state index in [1.165, 1.54) is 18.3 Å². The van der Waals surface area contributed by atoms with E-state index in [9.17, 15) is 18.8 Å². The molecule has 0 atom stereocenters. The minimum atomic E-state index is -0.948. The highest BCUT2D eigenvalue weighted by Gasteiger charge is 2.13. The summed E-state index contributed by atoms with van der Waals surface area (Å²) in [4.78, 5) is 36.0. The Morgan fingerprint density at radius 2 is 1.59 bits per heavy atom. The molecule has 0 aliphatic carbocycles. The average Bonchev–Trinajstić information content (AvgIpc) is 2.89. The lowest BCUT2D eigenvalue weighted by molar-refractivity contribution is -0.136. The van der Waals surface area contributed by atoms with Gasteiger partial charge < -0.3 is 20.1 Å². The summed E-state index contributed by atoms with van der Waals surface area (Å²) in [5.41, 5.74) is 3.21. The summed E-state index contributed by atoms with van der Waals surface area (Å²) < 4.78 is 25.1. The van der Waals surface area contributed by atoms with Crippen molar-refractivity contribution in [3.63, 3.8) is 0 Å². The van der Waals surface area contributed by atoms with Gasteiger partial charge >= 0.3 is 11.8 Å². The molecular weight excluding hydrogens is 547 g/mol. The van der Waals surface area contributed by atoms with Crippen LogP contribution < -0.4 is 25.5 Å². The van der Waals surface area contributed by atoms with Gasteiger partial charge in [0.1, 0.15) is 23.9 Å². The van der Waals surface area contributed by atoms with Gasteiger partial charge in [-0.2, -0.15) is 5.10 Å². The Hall–Kier alpha value is -4.51. The number of ether oxygens (including phenoxy) is 2. The van der Waals surface area contributed by atoms with Crippen molar-refractivity contribution in [3.05, 3.63) is 95.2 Å². The number of halogens is 2. The number of nitrogens with one attached hydrogen (secondary N) is 3. The van der Waals surface area contributed by atoms with E-state index in [1.54, 1.807) is 60.7 Å². The van der Waals surface area contributed by atoms with E-state index < -0.39 is 23.5 Å². The minimum absolute atomic E-state index is 0.0471. The molecule has 0 spiro atoms. The van der Waals surface area contributed by atoms with Crippen LogP contribution in [0.5, 0.6) is 11.5 Å². The van der Waals surface area contributed by atoms with Crippen LogP contribution in [0.4, 0.5) is 15.8 Å². The fourth-order valence-electron chi connectivity index (χ4n) is 2.77. The van der Waals surface area contributed by atoms with Crippen LogP contribution in [-0.2, 0) is 14.4 Å². The predicted molar refractivity (Wildman–Crippen MR) is 141 cm³/mol. The summed E-state index contributed by atoms with van der Waals surface area (Å²) in [6.07, 6.45) is 2.95. The fourth-order valence-corrected chi connectivity index (χ4v) is 3.10. The standard InChI is InChI=1S/C26H22BrFN4O5/c1-2-13-36-20-10-6-19(7-11-20)30-25(34)26(35)32-29-15-17-3-8-21(9-4-17)37-16-24(33)31-23-12-5-18(27)14-22(23)28/h2-12,14-15H,1,13,16H2,(H,30,34)(H,31,33)(H,32,35)/b29-15-. The van der Waals surface area contributed by atoms with Gasteiger partial charge in [0.05, 0.1) is 11.9 Å². The first-order valence-electron chi connectivity index (χ1n) is 10.8. The van der Waals surface area contributed by atoms with Crippen molar-refractivity contribution >= 4 is 51.2 Å². The maximum atomic E-state index is 13.8. The van der Waals surface area contributed by atoms with Gasteiger partial charge in [-0.1, -0.05) is 28.6 Å². The predicted octanol–water partition coefficient (Wildman–Crippen LogP) is 4.26. The molecule has 0 radical (unpaired) electrons. The summed E-state index contributed by atoms with van der Waals surface area (Å²) in [6.45, 7) is 3.60. The molecule has 3 rings (SSSR count). The van der Waals surface area contributed by atoms with Crippen molar-refractivity contribution < 1.29 is 28.2 Å². The number of hydrazone groups is 1. The van der Waals surface area contributed by atoms with Crippen LogP contribution in [0.25, 0.3) is 0 Å². The van der Waals surface area contributed by atoms with Crippen LogP contribution in [0.2, 0.25) is 0 Å². The van der Waals surface area contributed by atoms with E-state index in [-0.39, 0.29) is 12.3 Å². The van der Waals surface area contributed by atoms with Gasteiger partial charge in [-0.05, 0) is 72.3 Å². The normalized spacial score (nSPS) is 10.4. The Morgan fingerprint density at radius 3 is 2.27 bits per heavy atom. The van der Waals surface area contributed by atoms with Crippen molar-refractivity contribution in [1.29, 1.82) is 0 Å². The van der Waals surface area contributed by atoms with Crippen LogP contribution in [-0.4, -0.2) is 37.1 Å². The van der Waals surface area contributed by atoms with Crippen LogP contribution >= 0.6 is 15.9 Å². The van der Waals surface area contributed by atoms with E-state index in [0.29, 0.717) is 33.8 Å². The molecule has 0 aliphatic rings. The first-order valence-corrected chi connectivity index (χ1v) is 11.6. The van der Waals surface area contributed by atoms with E-state index in [0.717, 1.165) is 0 Å². The summed E-state index contributed by atoms with van der Waals surface area (Å²) >= 11 is 3.15. The van der Waals surface area contributed by atoms with Crippen molar-refractivity contribution in [3.8, 4) is 11.5 Å². The molecule has 3 aromatic carbocycles. The number of anilines is 2. The lowest BCUT2D eigenvalue weighted by Crippen LogP contribution is -2.32. The third-order valence-electron chi connectivity index (χ3n) is 4.52. The molecule has 11 heteroatoms.